The predicted molar refractivity (Wildman–Crippen MR) is 106 cm³/mol. The molecule has 0 fully saturated rings. The summed E-state index contributed by atoms with van der Waals surface area (Å²) in [6, 6.07) is 7.56. The van der Waals surface area contributed by atoms with Gasteiger partial charge in [-0.15, -0.1) is 0 Å². The topological polar surface area (TPSA) is 18.5 Å². The molecule has 0 N–H and O–H groups in total. The lowest BCUT2D eigenvalue weighted by Gasteiger charge is -2.20. The summed E-state index contributed by atoms with van der Waals surface area (Å²) in [6.07, 6.45) is -1.00. The third-order valence-corrected chi connectivity index (χ3v) is 4.77. The first kappa shape index (κ1) is 21.8. The Hall–Kier alpha value is -1.50. The van der Waals surface area contributed by atoms with Gasteiger partial charge in [0.2, 0.25) is 0 Å². The lowest BCUT2D eigenvalue weighted by molar-refractivity contribution is -0.137. The number of ether oxygens (including phenoxy) is 2. The molecule has 8 heteroatoms. The van der Waals surface area contributed by atoms with E-state index in [0.29, 0.717) is 16.5 Å². The van der Waals surface area contributed by atoms with Crippen molar-refractivity contribution in [1.82, 2.24) is 0 Å². The molecule has 2 rings (SSSR count). The monoisotopic (exact) mass is 436 g/mol. The van der Waals surface area contributed by atoms with Gasteiger partial charge in [-0.2, -0.15) is 25.8 Å². The Morgan fingerprint density at radius 2 is 1.74 bits per heavy atom. The van der Waals surface area contributed by atoms with Gasteiger partial charge in [-0.3, -0.25) is 0 Å². The highest BCUT2D eigenvalue weighted by molar-refractivity contribution is 7.81. The van der Waals surface area contributed by atoms with Gasteiger partial charge in [0.05, 0.1) is 20.9 Å². The van der Waals surface area contributed by atoms with Gasteiger partial charge < -0.3 is 9.47 Å². The minimum absolute atomic E-state index is 0.0898. The van der Waals surface area contributed by atoms with Gasteiger partial charge in [0.25, 0.3) is 0 Å². The van der Waals surface area contributed by atoms with E-state index < -0.39 is 11.7 Å². The Morgan fingerprint density at radius 1 is 1.04 bits per heavy atom. The van der Waals surface area contributed by atoms with Crippen LogP contribution in [0.25, 0.3) is 0 Å². The van der Waals surface area contributed by atoms with Gasteiger partial charge in [0.15, 0.2) is 0 Å². The summed E-state index contributed by atoms with van der Waals surface area (Å²) < 4.78 is 49.6. The normalized spacial score (nSPS) is 14.2. The zero-order chi connectivity index (χ0) is 20.2. The standard InChI is InChI=1S/C19H17Cl2F3O2S/c1-3-4-18(27)11(2)25-17-10-13(6-7-14(17)20)26-16-8-5-12(9-15(16)21)19(22,23)24/h3-11,18,27H,1-2H3. The van der Waals surface area contributed by atoms with Gasteiger partial charge in [-0.05, 0) is 44.2 Å². The molecule has 0 saturated carbocycles. The lowest BCUT2D eigenvalue weighted by Crippen LogP contribution is -2.22. The highest BCUT2D eigenvalue weighted by Crippen LogP contribution is 2.38. The van der Waals surface area contributed by atoms with Crippen LogP contribution < -0.4 is 9.47 Å². The number of hydrogen-bond acceptors (Lipinski definition) is 3. The van der Waals surface area contributed by atoms with E-state index in [1.165, 1.54) is 6.07 Å². The largest absolute Gasteiger partial charge is 0.488 e. The van der Waals surface area contributed by atoms with Crippen molar-refractivity contribution in [3.05, 3.63) is 64.2 Å². The molecular weight excluding hydrogens is 420 g/mol. The molecule has 0 amide bonds. The molecule has 0 spiro atoms. The number of hydrogen-bond donors (Lipinski definition) is 1. The van der Waals surface area contributed by atoms with E-state index in [1.807, 2.05) is 26.0 Å². The van der Waals surface area contributed by atoms with Crippen molar-refractivity contribution in [3.63, 3.8) is 0 Å². The van der Waals surface area contributed by atoms with Crippen molar-refractivity contribution in [1.29, 1.82) is 0 Å². The van der Waals surface area contributed by atoms with Crippen LogP contribution >= 0.6 is 35.8 Å². The van der Waals surface area contributed by atoms with E-state index in [2.05, 4.69) is 12.6 Å². The molecule has 2 aromatic rings. The molecule has 0 aliphatic rings. The third-order valence-electron chi connectivity index (χ3n) is 3.57. The molecule has 27 heavy (non-hydrogen) atoms. The summed E-state index contributed by atoms with van der Waals surface area (Å²) in [6.45, 7) is 3.72. The molecule has 2 aromatic carbocycles. The molecule has 0 aliphatic carbocycles. The van der Waals surface area contributed by atoms with Crippen molar-refractivity contribution in [3.8, 4) is 17.2 Å². The second-order valence-corrected chi connectivity index (χ2v) is 7.09. The van der Waals surface area contributed by atoms with Crippen LogP contribution in [0.2, 0.25) is 10.0 Å². The van der Waals surface area contributed by atoms with Gasteiger partial charge in [-0.1, -0.05) is 35.4 Å². The van der Waals surface area contributed by atoms with Crippen LogP contribution in [0, 0.1) is 0 Å². The summed E-state index contributed by atoms with van der Waals surface area (Å²) in [7, 11) is 0. The maximum atomic E-state index is 12.7. The molecule has 146 valence electrons. The predicted octanol–water partition coefficient (Wildman–Crippen LogP) is 7.45. The van der Waals surface area contributed by atoms with E-state index in [-0.39, 0.29) is 22.1 Å². The van der Waals surface area contributed by atoms with Crippen LogP contribution in [0.1, 0.15) is 19.4 Å². The van der Waals surface area contributed by atoms with E-state index in [9.17, 15) is 13.2 Å². The first-order valence-corrected chi connectivity index (χ1v) is 9.20. The van der Waals surface area contributed by atoms with Gasteiger partial charge in [0.1, 0.15) is 23.4 Å². The van der Waals surface area contributed by atoms with Crippen LogP contribution in [0.4, 0.5) is 13.2 Å². The molecule has 2 nitrogen and oxygen atoms in total. The molecule has 0 heterocycles. The minimum Gasteiger partial charge on any atom is -0.488 e. The Bertz CT molecular complexity index is 825. The van der Waals surface area contributed by atoms with E-state index >= 15 is 0 Å². The van der Waals surface area contributed by atoms with Crippen molar-refractivity contribution < 1.29 is 22.6 Å². The molecule has 0 bridgehead atoms. The van der Waals surface area contributed by atoms with Crippen molar-refractivity contribution in [2.75, 3.05) is 0 Å². The fourth-order valence-electron chi connectivity index (χ4n) is 2.15. The highest BCUT2D eigenvalue weighted by Gasteiger charge is 2.31. The van der Waals surface area contributed by atoms with Gasteiger partial charge >= 0.3 is 6.18 Å². The van der Waals surface area contributed by atoms with Gasteiger partial charge in [-0.25, -0.2) is 0 Å². The molecule has 0 aromatic heterocycles. The second kappa shape index (κ2) is 9.13. The zero-order valence-electron chi connectivity index (χ0n) is 14.4. The molecule has 2 atom stereocenters. The maximum Gasteiger partial charge on any atom is 0.416 e. The number of halogens is 5. The summed E-state index contributed by atoms with van der Waals surface area (Å²) in [5.74, 6) is 0.783. The summed E-state index contributed by atoms with van der Waals surface area (Å²) in [4.78, 5) is 0. The Labute approximate surface area is 171 Å². The lowest BCUT2D eigenvalue weighted by atomic mass is 10.2. The Morgan fingerprint density at radius 3 is 2.33 bits per heavy atom. The summed E-state index contributed by atoms with van der Waals surface area (Å²) in [5, 5.41) is 0.0767. The van der Waals surface area contributed by atoms with E-state index in [1.54, 1.807) is 18.2 Å². The van der Waals surface area contributed by atoms with Gasteiger partial charge in [0, 0.05) is 6.07 Å². The fraction of sp³-hybridized carbons (Fsp3) is 0.263. The fourth-order valence-corrected chi connectivity index (χ4v) is 2.76. The Kier molecular flexibility index (Phi) is 7.37. The highest BCUT2D eigenvalue weighted by atomic mass is 35.5. The van der Waals surface area contributed by atoms with E-state index in [4.69, 9.17) is 32.7 Å². The van der Waals surface area contributed by atoms with Crippen LogP contribution in [0.3, 0.4) is 0 Å². The Balaban J connectivity index is 2.21. The minimum atomic E-state index is -4.48. The third kappa shape index (κ3) is 5.99. The maximum absolute atomic E-state index is 12.7. The first-order chi connectivity index (χ1) is 12.6. The number of thiol groups is 1. The summed E-state index contributed by atoms with van der Waals surface area (Å²) in [5.41, 5.74) is -0.849. The van der Waals surface area contributed by atoms with E-state index in [0.717, 1.165) is 12.1 Å². The quantitative estimate of drug-likeness (QED) is 0.374. The molecule has 0 saturated heterocycles. The smallest absolute Gasteiger partial charge is 0.416 e. The van der Waals surface area contributed by atoms with Crippen molar-refractivity contribution in [2.24, 2.45) is 0 Å². The zero-order valence-corrected chi connectivity index (χ0v) is 16.8. The number of alkyl halides is 3. The number of benzene rings is 2. The molecule has 0 radical (unpaired) electrons. The number of allylic oxidation sites excluding steroid dienone is 1. The van der Waals surface area contributed by atoms with Crippen molar-refractivity contribution >= 4 is 35.8 Å². The van der Waals surface area contributed by atoms with Crippen LogP contribution in [-0.2, 0) is 6.18 Å². The molecular formula is C19H17Cl2F3O2S. The second-order valence-electron chi connectivity index (χ2n) is 5.68. The number of rotatable bonds is 6. The van der Waals surface area contributed by atoms with Crippen LogP contribution in [0.15, 0.2) is 48.6 Å². The van der Waals surface area contributed by atoms with Crippen molar-refractivity contribution in [2.45, 2.75) is 31.4 Å². The molecule has 2 unspecified atom stereocenters. The average Bonchev–Trinajstić information content (AvgIpc) is 2.58. The SMILES string of the molecule is CC=CC(S)C(C)Oc1cc(Oc2ccc(C(F)(F)F)cc2Cl)ccc1Cl. The molecule has 0 aliphatic heterocycles. The average molecular weight is 437 g/mol. The first-order valence-electron chi connectivity index (χ1n) is 7.93. The van der Waals surface area contributed by atoms with Crippen LogP contribution in [-0.4, -0.2) is 11.4 Å². The summed E-state index contributed by atoms with van der Waals surface area (Å²) >= 11 is 16.5. The van der Waals surface area contributed by atoms with Crippen LogP contribution in [0.5, 0.6) is 17.2 Å².